The Morgan fingerprint density at radius 1 is 1.42 bits per heavy atom. The van der Waals surface area contributed by atoms with E-state index < -0.39 is 5.97 Å². The van der Waals surface area contributed by atoms with Gasteiger partial charge in [-0.25, -0.2) is 4.79 Å². The number of aryl methyl sites for hydroxylation is 2. The molecular weight excluding hydrogens is 240 g/mol. The van der Waals surface area contributed by atoms with Gasteiger partial charge in [0, 0.05) is 23.6 Å². The van der Waals surface area contributed by atoms with Gasteiger partial charge in [0.15, 0.2) is 0 Å². The van der Waals surface area contributed by atoms with Gasteiger partial charge in [0.05, 0.1) is 5.56 Å². The zero-order valence-electron chi connectivity index (χ0n) is 11.2. The molecule has 0 aliphatic carbocycles. The number of rotatable bonds is 6. The molecule has 0 spiro atoms. The molecule has 0 saturated carbocycles. The molecular formula is C15H20N2O2. The van der Waals surface area contributed by atoms with Gasteiger partial charge in [-0.2, -0.15) is 0 Å². The van der Waals surface area contributed by atoms with E-state index in [9.17, 15) is 9.90 Å². The van der Waals surface area contributed by atoms with E-state index in [0.29, 0.717) is 12.1 Å². The Hall–Kier alpha value is -1.81. The van der Waals surface area contributed by atoms with Crippen LogP contribution in [0.1, 0.15) is 35.7 Å². The highest BCUT2D eigenvalue weighted by Crippen LogP contribution is 2.26. The van der Waals surface area contributed by atoms with Gasteiger partial charge in [0.2, 0.25) is 0 Å². The number of carboxylic acid groups (broad SMARTS) is 1. The largest absolute Gasteiger partial charge is 0.478 e. The van der Waals surface area contributed by atoms with Crippen LogP contribution in [-0.2, 0) is 13.0 Å². The predicted octanol–water partition coefficient (Wildman–Crippen LogP) is 2.64. The fourth-order valence-corrected chi connectivity index (χ4v) is 2.53. The maximum absolute atomic E-state index is 11.4. The molecule has 2 aromatic rings. The summed E-state index contributed by atoms with van der Waals surface area (Å²) in [6, 6.07) is 5.47. The molecule has 2 rings (SSSR count). The number of nitrogens with two attached hydrogens (primary N) is 1. The van der Waals surface area contributed by atoms with Gasteiger partial charge in [-0.05, 0) is 43.5 Å². The van der Waals surface area contributed by atoms with Crippen molar-refractivity contribution in [3.05, 3.63) is 35.5 Å². The highest BCUT2D eigenvalue weighted by Gasteiger charge is 2.15. The monoisotopic (exact) mass is 260 g/mol. The molecule has 0 aliphatic rings. The molecule has 0 unspecified atom stereocenters. The quantitative estimate of drug-likeness (QED) is 0.839. The summed E-state index contributed by atoms with van der Waals surface area (Å²) in [6.45, 7) is 3.64. The van der Waals surface area contributed by atoms with Gasteiger partial charge in [0.1, 0.15) is 0 Å². The number of carbonyl (C=O) groups is 1. The van der Waals surface area contributed by atoms with E-state index in [1.54, 1.807) is 6.07 Å². The van der Waals surface area contributed by atoms with Gasteiger partial charge in [-0.15, -0.1) is 0 Å². The first kappa shape index (κ1) is 13.6. The number of carboxylic acids is 1. The summed E-state index contributed by atoms with van der Waals surface area (Å²) in [5, 5.41) is 10.2. The molecule has 0 bridgehead atoms. The third-order valence-electron chi connectivity index (χ3n) is 3.33. The van der Waals surface area contributed by atoms with E-state index >= 15 is 0 Å². The van der Waals surface area contributed by atoms with Crippen molar-refractivity contribution >= 4 is 16.9 Å². The maximum atomic E-state index is 11.4. The van der Waals surface area contributed by atoms with Crippen molar-refractivity contribution in [1.29, 1.82) is 0 Å². The van der Waals surface area contributed by atoms with Gasteiger partial charge >= 0.3 is 5.97 Å². The Morgan fingerprint density at radius 2 is 2.21 bits per heavy atom. The zero-order chi connectivity index (χ0) is 13.8. The fourth-order valence-electron chi connectivity index (χ4n) is 2.53. The number of hydrogen-bond acceptors (Lipinski definition) is 2. The summed E-state index contributed by atoms with van der Waals surface area (Å²) in [5.41, 5.74) is 8.05. The first-order chi connectivity index (χ1) is 9.19. The van der Waals surface area contributed by atoms with E-state index in [4.69, 9.17) is 5.73 Å². The van der Waals surface area contributed by atoms with Gasteiger partial charge in [-0.3, -0.25) is 0 Å². The summed E-state index contributed by atoms with van der Waals surface area (Å²) in [6.07, 6.45) is 4.81. The minimum atomic E-state index is -0.867. The Bertz CT molecular complexity index is 587. The normalized spacial score (nSPS) is 11.1. The summed E-state index contributed by atoms with van der Waals surface area (Å²) in [5.74, 6) is -0.867. The number of aromatic carboxylic acids is 1. The van der Waals surface area contributed by atoms with Crippen LogP contribution in [0.25, 0.3) is 10.9 Å². The minimum Gasteiger partial charge on any atom is -0.478 e. The van der Waals surface area contributed by atoms with Crippen LogP contribution in [0.3, 0.4) is 0 Å². The van der Waals surface area contributed by atoms with Crippen LogP contribution < -0.4 is 5.73 Å². The Kier molecular flexibility index (Phi) is 4.22. The summed E-state index contributed by atoms with van der Waals surface area (Å²) in [4.78, 5) is 11.4. The molecule has 0 atom stereocenters. The third-order valence-corrected chi connectivity index (χ3v) is 3.33. The molecule has 1 aromatic carbocycles. The van der Waals surface area contributed by atoms with Crippen LogP contribution in [0.2, 0.25) is 0 Å². The minimum absolute atomic E-state index is 0.388. The summed E-state index contributed by atoms with van der Waals surface area (Å²) < 4.78 is 2.15. The lowest BCUT2D eigenvalue weighted by atomic mass is 10.0. The second-order valence-corrected chi connectivity index (χ2v) is 4.74. The second kappa shape index (κ2) is 5.89. The molecule has 4 heteroatoms. The molecule has 1 aromatic heterocycles. The zero-order valence-corrected chi connectivity index (χ0v) is 11.2. The smallest absolute Gasteiger partial charge is 0.336 e. The molecule has 0 amide bonds. The van der Waals surface area contributed by atoms with Crippen LogP contribution >= 0.6 is 0 Å². The molecule has 4 nitrogen and oxygen atoms in total. The number of fused-ring (bicyclic) bond motifs is 1. The Balaban J connectivity index is 2.61. The highest BCUT2D eigenvalue weighted by molar-refractivity contribution is 6.04. The van der Waals surface area contributed by atoms with Crippen LogP contribution in [0.5, 0.6) is 0 Å². The van der Waals surface area contributed by atoms with Gasteiger partial charge < -0.3 is 15.4 Å². The van der Waals surface area contributed by atoms with E-state index in [0.717, 1.165) is 42.3 Å². The van der Waals surface area contributed by atoms with Crippen LogP contribution in [0, 0.1) is 0 Å². The molecule has 19 heavy (non-hydrogen) atoms. The highest BCUT2D eigenvalue weighted by atomic mass is 16.4. The SMILES string of the molecule is CCCn1cc(CCCN)c2c(C(=O)O)cccc21. The second-order valence-electron chi connectivity index (χ2n) is 4.74. The van der Waals surface area contributed by atoms with Crippen molar-refractivity contribution in [2.24, 2.45) is 5.73 Å². The molecule has 0 saturated heterocycles. The average molecular weight is 260 g/mol. The lowest BCUT2D eigenvalue weighted by Gasteiger charge is -2.03. The van der Waals surface area contributed by atoms with Crippen LogP contribution in [0.15, 0.2) is 24.4 Å². The Labute approximate surface area is 112 Å². The third kappa shape index (κ3) is 2.63. The predicted molar refractivity (Wildman–Crippen MR) is 76.6 cm³/mol. The summed E-state index contributed by atoms with van der Waals surface area (Å²) >= 11 is 0. The van der Waals surface area contributed by atoms with E-state index in [-0.39, 0.29) is 0 Å². The van der Waals surface area contributed by atoms with Crippen molar-refractivity contribution in [3.63, 3.8) is 0 Å². The molecule has 1 heterocycles. The average Bonchev–Trinajstić information content (AvgIpc) is 2.75. The number of hydrogen-bond donors (Lipinski definition) is 2. The van der Waals surface area contributed by atoms with Crippen LogP contribution in [0.4, 0.5) is 0 Å². The first-order valence-electron chi connectivity index (χ1n) is 6.73. The van der Waals surface area contributed by atoms with E-state index in [1.807, 2.05) is 12.1 Å². The van der Waals surface area contributed by atoms with Crippen molar-refractivity contribution < 1.29 is 9.90 Å². The van der Waals surface area contributed by atoms with Gasteiger partial charge in [0.25, 0.3) is 0 Å². The lowest BCUT2D eigenvalue weighted by Crippen LogP contribution is -2.01. The van der Waals surface area contributed by atoms with Crippen molar-refractivity contribution in [2.75, 3.05) is 6.54 Å². The summed E-state index contributed by atoms with van der Waals surface area (Å²) in [7, 11) is 0. The first-order valence-corrected chi connectivity index (χ1v) is 6.73. The molecule has 0 fully saturated rings. The standard InChI is InChI=1S/C15H20N2O2/c1-2-9-17-10-11(5-4-8-16)14-12(15(18)19)6-3-7-13(14)17/h3,6-7,10H,2,4-5,8-9,16H2,1H3,(H,18,19). The van der Waals surface area contributed by atoms with Crippen LogP contribution in [-0.4, -0.2) is 22.2 Å². The number of aromatic nitrogens is 1. The Morgan fingerprint density at radius 3 is 2.84 bits per heavy atom. The molecule has 102 valence electrons. The molecule has 0 aliphatic heterocycles. The topological polar surface area (TPSA) is 68.2 Å². The molecule has 0 radical (unpaired) electrons. The number of nitrogens with zero attached hydrogens (tertiary/aromatic N) is 1. The van der Waals surface area contributed by atoms with Crippen molar-refractivity contribution in [3.8, 4) is 0 Å². The fraction of sp³-hybridized carbons (Fsp3) is 0.400. The number of benzene rings is 1. The van der Waals surface area contributed by atoms with E-state index in [2.05, 4.69) is 17.7 Å². The lowest BCUT2D eigenvalue weighted by molar-refractivity contribution is 0.0699. The van der Waals surface area contributed by atoms with Crippen molar-refractivity contribution in [2.45, 2.75) is 32.7 Å². The van der Waals surface area contributed by atoms with Gasteiger partial charge in [-0.1, -0.05) is 13.0 Å². The molecule has 3 N–H and O–H groups in total. The van der Waals surface area contributed by atoms with E-state index in [1.165, 1.54) is 0 Å². The maximum Gasteiger partial charge on any atom is 0.336 e. The van der Waals surface area contributed by atoms with Crippen molar-refractivity contribution in [1.82, 2.24) is 4.57 Å².